The Balaban J connectivity index is 2.12. The minimum Gasteiger partial charge on any atom is -0.456 e. The first-order valence-electron chi connectivity index (χ1n) is 6.96. The Morgan fingerprint density at radius 1 is 1.15 bits per heavy atom. The molecule has 0 radical (unpaired) electrons. The highest BCUT2D eigenvalue weighted by Crippen LogP contribution is 2.28. The fourth-order valence-corrected chi connectivity index (χ4v) is 2.48. The molecule has 0 aliphatic heterocycles. The van der Waals surface area contributed by atoms with Crippen LogP contribution in [0, 0.1) is 3.57 Å². The largest absolute Gasteiger partial charge is 0.456 e. The molecule has 0 saturated heterocycles. The molecule has 20 heavy (non-hydrogen) atoms. The molecule has 0 amide bonds. The lowest BCUT2D eigenvalue weighted by Gasteiger charge is -2.15. The first-order chi connectivity index (χ1) is 9.70. The van der Waals surface area contributed by atoms with Crippen molar-refractivity contribution < 1.29 is 4.74 Å². The predicted octanol–water partition coefficient (Wildman–Crippen LogP) is 5.14. The molecule has 2 aromatic rings. The highest BCUT2D eigenvalue weighted by atomic mass is 127. The Bertz CT molecular complexity index is 556. The SMILES string of the molecule is CCCNC(C)c1cccc(Oc2ccccc2I)c1. The molecule has 1 unspecified atom stereocenters. The number of para-hydroxylation sites is 1. The Kier molecular flexibility index (Phi) is 5.86. The van der Waals surface area contributed by atoms with Gasteiger partial charge in [-0.3, -0.25) is 0 Å². The van der Waals surface area contributed by atoms with Crippen molar-refractivity contribution in [1.29, 1.82) is 0 Å². The third-order valence-corrected chi connectivity index (χ3v) is 4.01. The maximum absolute atomic E-state index is 5.97. The van der Waals surface area contributed by atoms with Gasteiger partial charge in [0, 0.05) is 6.04 Å². The zero-order valence-electron chi connectivity index (χ0n) is 11.9. The van der Waals surface area contributed by atoms with E-state index in [1.54, 1.807) is 0 Å². The molecule has 106 valence electrons. The van der Waals surface area contributed by atoms with Gasteiger partial charge in [-0.1, -0.05) is 31.2 Å². The second kappa shape index (κ2) is 7.64. The van der Waals surface area contributed by atoms with Crippen LogP contribution in [0.2, 0.25) is 0 Å². The first-order valence-corrected chi connectivity index (χ1v) is 8.04. The van der Waals surface area contributed by atoms with Crippen LogP contribution in [0.25, 0.3) is 0 Å². The Morgan fingerprint density at radius 3 is 2.70 bits per heavy atom. The topological polar surface area (TPSA) is 21.3 Å². The standard InChI is InChI=1S/C17H20INO/c1-3-11-19-13(2)14-7-6-8-15(12-14)20-17-10-5-4-9-16(17)18/h4-10,12-13,19H,3,11H2,1-2H3. The van der Waals surface area contributed by atoms with E-state index in [0.29, 0.717) is 6.04 Å². The number of halogens is 1. The van der Waals surface area contributed by atoms with Gasteiger partial charge in [0.2, 0.25) is 0 Å². The van der Waals surface area contributed by atoms with E-state index in [1.165, 1.54) is 5.56 Å². The summed E-state index contributed by atoms with van der Waals surface area (Å²) in [5, 5.41) is 3.49. The summed E-state index contributed by atoms with van der Waals surface area (Å²) in [4.78, 5) is 0. The summed E-state index contributed by atoms with van der Waals surface area (Å²) >= 11 is 2.29. The monoisotopic (exact) mass is 381 g/mol. The molecule has 0 fully saturated rings. The fourth-order valence-electron chi connectivity index (χ4n) is 1.98. The van der Waals surface area contributed by atoms with Crippen molar-refractivity contribution in [2.75, 3.05) is 6.54 Å². The molecule has 0 bridgehead atoms. The number of hydrogen-bond acceptors (Lipinski definition) is 2. The number of hydrogen-bond donors (Lipinski definition) is 1. The molecule has 2 aromatic carbocycles. The summed E-state index contributed by atoms with van der Waals surface area (Å²) in [5.41, 5.74) is 1.25. The number of ether oxygens (including phenoxy) is 1. The van der Waals surface area contributed by atoms with E-state index < -0.39 is 0 Å². The summed E-state index contributed by atoms with van der Waals surface area (Å²) in [6.45, 7) is 5.39. The molecule has 0 heterocycles. The number of rotatable bonds is 6. The van der Waals surface area contributed by atoms with Gasteiger partial charge in [0.1, 0.15) is 11.5 Å². The molecule has 3 heteroatoms. The van der Waals surface area contributed by atoms with Crippen LogP contribution in [0.3, 0.4) is 0 Å². The van der Waals surface area contributed by atoms with Gasteiger partial charge in [0.25, 0.3) is 0 Å². The fraction of sp³-hybridized carbons (Fsp3) is 0.294. The number of benzene rings is 2. The Hall–Kier alpha value is -1.07. The van der Waals surface area contributed by atoms with Crippen LogP contribution < -0.4 is 10.1 Å². The molecule has 0 saturated carbocycles. The summed E-state index contributed by atoms with van der Waals surface area (Å²) in [6.07, 6.45) is 1.14. The van der Waals surface area contributed by atoms with E-state index in [-0.39, 0.29) is 0 Å². The van der Waals surface area contributed by atoms with Gasteiger partial charge in [-0.15, -0.1) is 0 Å². The van der Waals surface area contributed by atoms with Crippen molar-refractivity contribution in [1.82, 2.24) is 5.32 Å². The molecule has 0 spiro atoms. The maximum Gasteiger partial charge on any atom is 0.140 e. The first kappa shape index (κ1) is 15.3. The van der Waals surface area contributed by atoms with E-state index in [1.807, 2.05) is 36.4 Å². The van der Waals surface area contributed by atoms with Gasteiger partial charge >= 0.3 is 0 Å². The van der Waals surface area contributed by atoms with Crippen LogP contribution >= 0.6 is 22.6 Å². The molecule has 2 nitrogen and oxygen atoms in total. The van der Waals surface area contributed by atoms with Crippen molar-refractivity contribution in [3.05, 3.63) is 57.7 Å². The molecule has 0 aromatic heterocycles. The summed E-state index contributed by atoms with van der Waals surface area (Å²) in [6, 6.07) is 16.7. The van der Waals surface area contributed by atoms with Gasteiger partial charge in [-0.2, -0.15) is 0 Å². The van der Waals surface area contributed by atoms with Crippen LogP contribution in [0.4, 0.5) is 0 Å². The number of nitrogens with one attached hydrogen (secondary N) is 1. The zero-order chi connectivity index (χ0) is 14.4. The van der Waals surface area contributed by atoms with Crippen molar-refractivity contribution >= 4 is 22.6 Å². The highest BCUT2D eigenvalue weighted by Gasteiger charge is 2.07. The second-order valence-electron chi connectivity index (χ2n) is 4.78. The molecule has 1 atom stereocenters. The average Bonchev–Trinajstić information content (AvgIpc) is 2.47. The second-order valence-corrected chi connectivity index (χ2v) is 5.94. The average molecular weight is 381 g/mol. The molecule has 0 aliphatic rings. The van der Waals surface area contributed by atoms with E-state index in [0.717, 1.165) is 28.0 Å². The Morgan fingerprint density at radius 2 is 1.95 bits per heavy atom. The predicted molar refractivity (Wildman–Crippen MR) is 92.4 cm³/mol. The summed E-state index contributed by atoms with van der Waals surface area (Å²) < 4.78 is 7.09. The third-order valence-electron chi connectivity index (χ3n) is 3.12. The van der Waals surface area contributed by atoms with Crippen molar-refractivity contribution in [2.45, 2.75) is 26.3 Å². The van der Waals surface area contributed by atoms with Gasteiger partial charge < -0.3 is 10.1 Å². The van der Waals surface area contributed by atoms with E-state index >= 15 is 0 Å². The lowest BCUT2D eigenvalue weighted by Crippen LogP contribution is -2.19. The molecule has 2 rings (SSSR count). The molecule has 1 N–H and O–H groups in total. The highest BCUT2D eigenvalue weighted by molar-refractivity contribution is 14.1. The van der Waals surface area contributed by atoms with Crippen molar-refractivity contribution in [2.24, 2.45) is 0 Å². The van der Waals surface area contributed by atoms with E-state index in [2.05, 4.69) is 53.9 Å². The lowest BCUT2D eigenvalue weighted by molar-refractivity contribution is 0.476. The van der Waals surface area contributed by atoms with E-state index in [9.17, 15) is 0 Å². The van der Waals surface area contributed by atoms with Gasteiger partial charge in [-0.05, 0) is 72.3 Å². The zero-order valence-corrected chi connectivity index (χ0v) is 14.1. The minimum absolute atomic E-state index is 0.341. The van der Waals surface area contributed by atoms with Crippen molar-refractivity contribution in [3.8, 4) is 11.5 Å². The molecular formula is C17H20INO. The summed E-state index contributed by atoms with van der Waals surface area (Å²) in [7, 11) is 0. The van der Waals surface area contributed by atoms with Crippen LogP contribution in [0.15, 0.2) is 48.5 Å². The van der Waals surface area contributed by atoms with E-state index in [4.69, 9.17) is 4.74 Å². The Labute approximate surface area is 134 Å². The maximum atomic E-state index is 5.97. The molecular weight excluding hydrogens is 361 g/mol. The quantitative estimate of drug-likeness (QED) is 0.700. The van der Waals surface area contributed by atoms with Crippen LogP contribution in [0.5, 0.6) is 11.5 Å². The summed E-state index contributed by atoms with van der Waals surface area (Å²) in [5.74, 6) is 1.79. The van der Waals surface area contributed by atoms with Crippen molar-refractivity contribution in [3.63, 3.8) is 0 Å². The van der Waals surface area contributed by atoms with Crippen LogP contribution in [-0.4, -0.2) is 6.54 Å². The van der Waals surface area contributed by atoms with Gasteiger partial charge in [0.05, 0.1) is 3.57 Å². The third kappa shape index (κ3) is 4.21. The normalized spacial score (nSPS) is 12.2. The van der Waals surface area contributed by atoms with Crippen LogP contribution in [0.1, 0.15) is 31.9 Å². The smallest absolute Gasteiger partial charge is 0.140 e. The van der Waals surface area contributed by atoms with Gasteiger partial charge in [0.15, 0.2) is 0 Å². The van der Waals surface area contributed by atoms with Crippen LogP contribution in [-0.2, 0) is 0 Å². The minimum atomic E-state index is 0.341. The molecule has 0 aliphatic carbocycles. The lowest BCUT2D eigenvalue weighted by atomic mass is 10.1. The van der Waals surface area contributed by atoms with Gasteiger partial charge in [-0.25, -0.2) is 0 Å².